The second-order valence-electron chi connectivity index (χ2n) is 4.49. The molecule has 4 N–H and O–H groups in total. The van der Waals surface area contributed by atoms with Crippen molar-refractivity contribution in [1.82, 2.24) is 0 Å². The number of primary amides is 1. The Labute approximate surface area is 83.6 Å². The molecule has 1 unspecified atom stereocenters. The summed E-state index contributed by atoms with van der Waals surface area (Å²) >= 11 is 1.81. The van der Waals surface area contributed by atoms with Crippen LogP contribution in [-0.2, 0) is 4.79 Å². The van der Waals surface area contributed by atoms with Gasteiger partial charge in [0.15, 0.2) is 0 Å². The molecule has 76 valence electrons. The van der Waals surface area contributed by atoms with E-state index in [0.29, 0.717) is 6.42 Å². The highest BCUT2D eigenvalue weighted by molar-refractivity contribution is 7.99. The third-order valence-electron chi connectivity index (χ3n) is 3.07. The predicted molar refractivity (Wildman–Crippen MR) is 56.5 cm³/mol. The highest BCUT2D eigenvalue weighted by Gasteiger charge is 2.44. The van der Waals surface area contributed by atoms with Gasteiger partial charge in [0.2, 0.25) is 5.91 Å². The van der Waals surface area contributed by atoms with Gasteiger partial charge in [0.25, 0.3) is 0 Å². The third kappa shape index (κ3) is 2.17. The maximum Gasteiger partial charge on any atom is 0.219 e. The second kappa shape index (κ2) is 3.50. The van der Waals surface area contributed by atoms with E-state index in [1.165, 1.54) is 0 Å². The Kier molecular flexibility index (Phi) is 2.92. The van der Waals surface area contributed by atoms with Crippen LogP contribution in [0, 0.1) is 5.41 Å². The van der Waals surface area contributed by atoms with Crippen molar-refractivity contribution in [3.05, 3.63) is 0 Å². The Morgan fingerprint density at radius 1 is 1.54 bits per heavy atom. The Morgan fingerprint density at radius 3 is 2.62 bits per heavy atom. The molecular weight excluding hydrogens is 184 g/mol. The average Bonchev–Trinajstić information content (AvgIpc) is 1.94. The van der Waals surface area contributed by atoms with Gasteiger partial charge in [0.05, 0.1) is 0 Å². The Morgan fingerprint density at radius 2 is 2.15 bits per heavy atom. The fourth-order valence-corrected chi connectivity index (χ4v) is 3.28. The fourth-order valence-electron chi connectivity index (χ4n) is 1.63. The minimum Gasteiger partial charge on any atom is -0.370 e. The summed E-state index contributed by atoms with van der Waals surface area (Å²) in [6, 6.07) is 0. The van der Waals surface area contributed by atoms with Crippen LogP contribution in [0.4, 0.5) is 0 Å². The van der Waals surface area contributed by atoms with Gasteiger partial charge in [-0.25, -0.2) is 0 Å². The van der Waals surface area contributed by atoms with Gasteiger partial charge >= 0.3 is 0 Å². The van der Waals surface area contributed by atoms with Crippen molar-refractivity contribution in [2.24, 2.45) is 16.9 Å². The van der Waals surface area contributed by atoms with Crippen LogP contribution in [0.1, 0.15) is 26.7 Å². The summed E-state index contributed by atoms with van der Waals surface area (Å²) in [6.45, 7) is 4.24. The molecule has 1 amide bonds. The van der Waals surface area contributed by atoms with E-state index in [4.69, 9.17) is 11.5 Å². The zero-order valence-electron chi connectivity index (χ0n) is 8.30. The Balaban J connectivity index is 2.77. The SMILES string of the molecule is CC1(C)CCSCC1(N)CC(N)=O. The molecule has 3 nitrogen and oxygen atoms in total. The second-order valence-corrected chi connectivity index (χ2v) is 5.59. The van der Waals surface area contributed by atoms with Crippen LogP contribution in [0.3, 0.4) is 0 Å². The van der Waals surface area contributed by atoms with Gasteiger partial charge in [-0.3, -0.25) is 4.79 Å². The molecule has 0 aromatic carbocycles. The summed E-state index contributed by atoms with van der Waals surface area (Å²) in [6.07, 6.45) is 1.36. The van der Waals surface area contributed by atoms with Crippen LogP contribution in [0.2, 0.25) is 0 Å². The van der Waals surface area contributed by atoms with E-state index in [9.17, 15) is 4.79 Å². The summed E-state index contributed by atoms with van der Waals surface area (Å²) in [5.74, 6) is 1.67. The molecule has 4 heteroatoms. The molecule has 1 aliphatic heterocycles. The first-order chi connectivity index (χ1) is 5.87. The molecule has 1 heterocycles. The zero-order valence-corrected chi connectivity index (χ0v) is 9.12. The number of carbonyl (C=O) groups is 1. The Bertz CT molecular complexity index is 218. The third-order valence-corrected chi connectivity index (χ3v) is 4.28. The highest BCUT2D eigenvalue weighted by Crippen LogP contribution is 2.42. The van der Waals surface area contributed by atoms with Crippen molar-refractivity contribution in [2.75, 3.05) is 11.5 Å². The summed E-state index contributed by atoms with van der Waals surface area (Å²) in [4.78, 5) is 10.9. The number of amides is 1. The van der Waals surface area contributed by atoms with Gasteiger partial charge in [-0.15, -0.1) is 0 Å². The number of thioether (sulfide) groups is 1. The molecule has 0 aliphatic carbocycles. The maximum atomic E-state index is 10.9. The van der Waals surface area contributed by atoms with Gasteiger partial charge in [0, 0.05) is 17.7 Å². The summed E-state index contributed by atoms with van der Waals surface area (Å²) < 4.78 is 0. The lowest BCUT2D eigenvalue weighted by Gasteiger charge is -2.46. The quantitative estimate of drug-likeness (QED) is 0.693. The molecule has 0 bridgehead atoms. The van der Waals surface area contributed by atoms with Crippen LogP contribution in [-0.4, -0.2) is 23.0 Å². The predicted octanol–water partition coefficient (Wildman–Crippen LogP) is 0.722. The number of hydrogen-bond donors (Lipinski definition) is 2. The van der Waals surface area contributed by atoms with Crippen molar-refractivity contribution < 1.29 is 4.79 Å². The van der Waals surface area contributed by atoms with Gasteiger partial charge in [-0.2, -0.15) is 11.8 Å². The largest absolute Gasteiger partial charge is 0.370 e. The monoisotopic (exact) mass is 202 g/mol. The molecule has 0 spiro atoms. The smallest absolute Gasteiger partial charge is 0.219 e. The van der Waals surface area contributed by atoms with Crippen LogP contribution >= 0.6 is 11.8 Å². The standard InChI is InChI=1S/C9H18N2OS/c1-8(2)3-4-13-6-9(8,11)5-7(10)12/h3-6,11H2,1-2H3,(H2,10,12). The van der Waals surface area contributed by atoms with Crippen LogP contribution in [0.5, 0.6) is 0 Å². The molecule has 0 radical (unpaired) electrons. The average molecular weight is 202 g/mol. The number of hydrogen-bond acceptors (Lipinski definition) is 3. The number of carbonyl (C=O) groups excluding carboxylic acids is 1. The number of nitrogens with two attached hydrogens (primary N) is 2. The minimum absolute atomic E-state index is 0.0211. The van der Waals surface area contributed by atoms with Crippen LogP contribution in [0.25, 0.3) is 0 Å². The molecule has 1 atom stereocenters. The lowest BCUT2D eigenvalue weighted by molar-refractivity contribution is -0.120. The van der Waals surface area contributed by atoms with E-state index in [-0.39, 0.29) is 11.3 Å². The lowest BCUT2D eigenvalue weighted by atomic mass is 9.70. The molecule has 1 rings (SSSR count). The van der Waals surface area contributed by atoms with E-state index in [0.717, 1.165) is 17.9 Å². The molecule has 0 aromatic rings. The van der Waals surface area contributed by atoms with Gasteiger partial charge in [0.1, 0.15) is 0 Å². The zero-order chi connectivity index (χ0) is 10.1. The first-order valence-corrected chi connectivity index (χ1v) is 5.68. The van der Waals surface area contributed by atoms with Crippen molar-refractivity contribution >= 4 is 17.7 Å². The molecule has 0 aromatic heterocycles. The van der Waals surface area contributed by atoms with Crippen molar-refractivity contribution in [3.63, 3.8) is 0 Å². The minimum atomic E-state index is -0.415. The summed E-state index contributed by atoms with van der Waals surface area (Å²) in [5, 5.41) is 0. The summed E-state index contributed by atoms with van der Waals surface area (Å²) in [5.41, 5.74) is 11.0. The molecular formula is C9H18N2OS. The molecule has 1 aliphatic rings. The van der Waals surface area contributed by atoms with Gasteiger partial charge < -0.3 is 11.5 Å². The van der Waals surface area contributed by atoms with Crippen molar-refractivity contribution in [2.45, 2.75) is 32.2 Å². The Hall–Kier alpha value is -0.220. The van der Waals surface area contributed by atoms with E-state index in [2.05, 4.69) is 13.8 Å². The lowest BCUT2D eigenvalue weighted by Crippen LogP contribution is -2.58. The van der Waals surface area contributed by atoms with Crippen molar-refractivity contribution in [1.29, 1.82) is 0 Å². The van der Waals surface area contributed by atoms with E-state index >= 15 is 0 Å². The molecule has 0 saturated carbocycles. The highest BCUT2D eigenvalue weighted by atomic mass is 32.2. The van der Waals surface area contributed by atoms with Crippen LogP contribution < -0.4 is 11.5 Å². The van der Waals surface area contributed by atoms with Gasteiger partial charge in [-0.1, -0.05) is 13.8 Å². The first kappa shape index (κ1) is 10.9. The van der Waals surface area contributed by atoms with Crippen molar-refractivity contribution in [3.8, 4) is 0 Å². The molecule has 1 saturated heterocycles. The molecule has 13 heavy (non-hydrogen) atoms. The van der Waals surface area contributed by atoms with E-state index in [1.807, 2.05) is 11.8 Å². The fraction of sp³-hybridized carbons (Fsp3) is 0.889. The van der Waals surface area contributed by atoms with E-state index < -0.39 is 5.54 Å². The van der Waals surface area contributed by atoms with E-state index in [1.54, 1.807) is 0 Å². The molecule has 1 fully saturated rings. The number of rotatable bonds is 2. The summed E-state index contributed by atoms with van der Waals surface area (Å²) in [7, 11) is 0. The van der Waals surface area contributed by atoms with Gasteiger partial charge in [-0.05, 0) is 17.6 Å². The maximum absolute atomic E-state index is 10.9. The van der Waals surface area contributed by atoms with Crippen LogP contribution in [0.15, 0.2) is 0 Å². The topological polar surface area (TPSA) is 69.1 Å². The first-order valence-electron chi connectivity index (χ1n) is 4.52. The normalized spacial score (nSPS) is 32.8.